The lowest BCUT2D eigenvalue weighted by Gasteiger charge is -2.20. The molecule has 3 heterocycles. The molecule has 0 aliphatic rings. The molecule has 1 N–H and O–H groups in total. The van der Waals surface area contributed by atoms with Crippen molar-refractivity contribution in [3.8, 4) is 10.4 Å². The number of thiophene rings is 1. The molecule has 0 saturated heterocycles. The first kappa shape index (κ1) is 28.8. The van der Waals surface area contributed by atoms with E-state index >= 15 is 0 Å². The minimum atomic E-state index is -0.356. The van der Waals surface area contributed by atoms with Crippen molar-refractivity contribution < 1.29 is 9.18 Å². The van der Waals surface area contributed by atoms with Gasteiger partial charge in [-0.05, 0) is 53.1 Å². The molecule has 7 nitrogen and oxygen atoms in total. The maximum atomic E-state index is 13.4. The Bertz CT molecular complexity index is 1690. The number of likely N-dealkylation sites (N-methyl/N-ethyl adjacent to an activating group) is 1. The quantitative estimate of drug-likeness (QED) is 0.143. The second-order valence-corrected chi connectivity index (χ2v) is 12.2. The Morgan fingerprint density at radius 1 is 1.15 bits per heavy atom. The van der Waals surface area contributed by atoms with Gasteiger partial charge in [-0.15, -0.1) is 11.3 Å². The van der Waals surface area contributed by atoms with Crippen LogP contribution in [-0.4, -0.2) is 37.6 Å². The largest absolute Gasteiger partial charge is 0.339 e. The zero-order chi connectivity index (χ0) is 28.9. The number of carbonyl (C=O) groups is 1. The topological polar surface area (TPSA) is 83.9 Å². The maximum absolute atomic E-state index is 13.4. The molecule has 1 amide bonds. The van der Waals surface area contributed by atoms with Crippen LogP contribution in [0.15, 0.2) is 89.2 Å². The van der Waals surface area contributed by atoms with Gasteiger partial charge in [0.1, 0.15) is 12.4 Å². The lowest BCUT2D eigenvalue weighted by Crippen LogP contribution is -2.31. The fourth-order valence-electron chi connectivity index (χ4n) is 4.25. The summed E-state index contributed by atoms with van der Waals surface area (Å²) in [6, 6.07) is 17.9. The number of aromatic nitrogens is 4. The van der Waals surface area contributed by atoms with E-state index < -0.39 is 0 Å². The Morgan fingerprint density at radius 2 is 1.90 bits per heavy atom. The van der Waals surface area contributed by atoms with Gasteiger partial charge in [-0.2, -0.15) is 10.1 Å². The van der Waals surface area contributed by atoms with Crippen LogP contribution in [-0.2, 0) is 23.6 Å². The normalized spacial score (nSPS) is 11.9. The van der Waals surface area contributed by atoms with E-state index in [4.69, 9.17) is 11.6 Å². The first-order valence-corrected chi connectivity index (χ1v) is 15.0. The van der Waals surface area contributed by atoms with E-state index in [1.54, 1.807) is 58.6 Å². The van der Waals surface area contributed by atoms with E-state index in [1.807, 2.05) is 43.3 Å². The number of rotatable bonds is 10. The number of nitrogens with one attached hydrogen (secondary N) is 1. The molecule has 1 unspecified atom stereocenters. The van der Waals surface area contributed by atoms with Gasteiger partial charge in [0.15, 0.2) is 5.16 Å². The van der Waals surface area contributed by atoms with E-state index in [1.165, 1.54) is 23.9 Å². The number of benzene rings is 2. The molecule has 0 saturated carbocycles. The van der Waals surface area contributed by atoms with Crippen molar-refractivity contribution in [1.29, 1.82) is 0 Å². The Hall–Kier alpha value is -3.73. The predicted octanol–water partition coefficient (Wildman–Crippen LogP) is 6.59. The van der Waals surface area contributed by atoms with Gasteiger partial charge >= 0.3 is 0 Å². The monoisotopic (exact) mass is 607 g/mol. The highest BCUT2D eigenvalue weighted by Crippen LogP contribution is 2.30. The van der Waals surface area contributed by atoms with Crippen LogP contribution in [0.25, 0.3) is 10.4 Å². The second kappa shape index (κ2) is 12.8. The fourth-order valence-corrected chi connectivity index (χ4v) is 6.36. The van der Waals surface area contributed by atoms with Gasteiger partial charge in [-0.3, -0.25) is 14.7 Å². The molecule has 0 aliphatic heterocycles. The standard InChI is InChI=1S/C30H27ClFN5O2S2/c1-19(22-13-33-34-14-22)26-16-37(30(35-29(26)39)40-18-20-3-9-24(32)10-4-20)17-28(38)36(2)15-25-11-12-27(41-25)21-5-7-23(31)8-6-21/h3-14,16,19H,15,17-18H2,1-2H3,(H,33,34). The zero-order valence-electron chi connectivity index (χ0n) is 22.4. The predicted molar refractivity (Wildman–Crippen MR) is 162 cm³/mol. The zero-order valence-corrected chi connectivity index (χ0v) is 24.8. The van der Waals surface area contributed by atoms with Crippen molar-refractivity contribution in [2.24, 2.45) is 0 Å². The van der Waals surface area contributed by atoms with Crippen LogP contribution in [0, 0.1) is 5.82 Å². The van der Waals surface area contributed by atoms with E-state index in [2.05, 4.69) is 15.2 Å². The van der Waals surface area contributed by atoms with Crippen molar-refractivity contribution >= 4 is 40.6 Å². The Kier molecular flexibility index (Phi) is 9.02. The number of nitrogens with zero attached hydrogens (tertiary/aromatic N) is 4. The summed E-state index contributed by atoms with van der Waals surface area (Å²) in [7, 11) is 1.76. The summed E-state index contributed by atoms with van der Waals surface area (Å²) in [5.74, 6) is -0.231. The molecule has 0 aliphatic carbocycles. The number of H-pyrrole nitrogens is 1. The van der Waals surface area contributed by atoms with E-state index in [9.17, 15) is 14.0 Å². The Labute approximate surface area is 250 Å². The van der Waals surface area contributed by atoms with Crippen LogP contribution >= 0.6 is 34.7 Å². The minimum Gasteiger partial charge on any atom is -0.339 e. The lowest BCUT2D eigenvalue weighted by molar-refractivity contribution is -0.131. The van der Waals surface area contributed by atoms with Crippen molar-refractivity contribution in [3.63, 3.8) is 0 Å². The number of amides is 1. The molecule has 0 bridgehead atoms. The third-order valence-electron chi connectivity index (χ3n) is 6.67. The first-order valence-electron chi connectivity index (χ1n) is 12.8. The average molecular weight is 608 g/mol. The molecule has 3 aromatic heterocycles. The first-order chi connectivity index (χ1) is 19.8. The maximum Gasteiger partial charge on any atom is 0.277 e. The number of aromatic amines is 1. The number of halogens is 2. The minimum absolute atomic E-state index is 0.00997. The SMILES string of the molecule is CC(c1cn[nH]c1)c1cn(CC(=O)N(C)Cc2ccc(-c3ccc(Cl)cc3)s2)c(SCc2ccc(F)cc2)nc1=O. The van der Waals surface area contributed by atoms with Crippen molar-refractivity contribution in [2.45, 2.75) is 36.8 Å². The number of hydrogen-bond acceptors (Lipinski definition) is 6. The van der Waals surface area contributed by atoms with Crippen LogP contribution < -0.4 is 5.56 Å². The van der Waals surface area contributed by atoms with Crippen LogP contribution in [0.3, 0.4) is 0 Å². The summed E-state index contributed by atoms with van der Waals surface area (Å²) >= 11 is 8.97. The summed E-state index contributed by atoms with van der Waals surface area (Å²) in [6.07, 6.45) is 5.13. The van der Waals surface area contributed by atoms with E-state index in [0.717, 1.165) is 26.4 Å². The van der Waals surface area contributed by atoms with E-state index in [0.29, 0.717) is 28.0 Å². The highest BCUT2D eigenvalue weighted by molar-refractivity contribution is 7.98. The summed E-state index contributed by atoms with van der Waals surface area (Å²) in [6.45, 7) is 2.36. The highest BCUT2D eigenvalue weighted by Gasteiger charge is 2.20. The van der Waals surface area contributed by atoms with Crippen LogP contribution in [0.4, 0.5) is 4.39 Å². The van der Waals surface area contributed by atoms with Gasteiger partial charge in [-0.1, -0.05) is 54.6 Å². The molecule has 41 heavy (non-hydrogen) atoms. The smallest absolute Gasteiger partial charge is 0.277 e. The Morgan fingerprint density at radius 3 is 2.61 bits per heavy atom. The highest BCUT2D eigenvalue weighted by atomic mass is 35.5. The summed E-state index contributed by atoms with van der Waals surface area (Å²) in [5, 5.41) is 7.88. The van der Waals surface area contributed by atoms with Gasteiger partial charge in [0.05, 0.1) is 12.7 Å². The molecule has 0 spiro atoms. The molecule has 1 atom stereocenters. The number of hydrogen-bond donors (Lipinski definition) is 1. The van der Waals surface area contributed by atoms with Crippen LogP contribution in [0.5, 0.6) is 0 Å². The van der Waals surface area contributed by atoms with Crippen LogP contribution in [0.1, 0.15) is 34.4 Å². The molecule has 5 rings (SSSR count). The molecule has 0 radical (unpaired) electrons. The van der Waals surface area contributed by atoms with Crippen molar-refractivity contribution in [3.05, 3.63) is 122 Å². The van der Waals surface area contributed by atoms with Gasteiger partial charge in [0.2, 0.25) is 5.91 Å². The van der Waals surface area contributed by atoms with Gasteiger partial charge < -0.3 is 9.47 Å². The van der Waals surface area contributed by atoms with Gasteiger partial charge in [0, 0.05) is 51.5 Å². The molecule has 210 valence electrons. The summed E-state index contributed by atoms with van der Waals surface area (Å²) in [5.41, 5.74) is 2.91. The molecule has 0 fully saturated rings. The number of carbonyl (C=O) groups excluding carboxylic acids is 1. The second-order valence-electron chi connectivity index (χ2n) is 9.60. The van der Waals surface area contributed by atoms with Crippen LogP contribution in [0.2, 0.25) is 5.02 Å². The third kappa shape index (κ3) is 7.13. The van der Waals surface area contributed by atoms with E-state index in [-0.39, 0.29) is 29.7 Å². The van der Waals surface area contributed by atoms with Gasteiger partial charge in [0.25, 0.3) is 5.56 Å². The van der Waals surface area contributed by atoms with Gasteiger partial charge in [-0.25, -0.2) is 4.39 Å². The lowest BCUT2D eigenvalue weighted by atomic mass is 9.98. The summed E-state index contributed by atoms with van der Waals surface area (Å²) in [4.78, 5) is 34.7. The molecule has 5 aromatic rings. The molecular weight excluding hydrogens is 581 g/mol. The van der Waals surface area contributed by atoms with Crippen molar-refractivity contribution in [1.82, 2.24) is 24.6 Å². The molecular formula is C30H27ClFN5O2S2. The number of thioether (sulfide) groups is 1. The Balaban J connectivity index is 1.35. The molecule has 2 aromatic carbocycles. The third-order valence-corrected chi connectivity index (χ3v) is 9.10. The van der Waals surface area contributed by atoms with Crippen molar-refractivity contribution in [2.75, 3.05) is 7.05 Å². The summed E-state index contributed by atoms with van der Waals surface area (Å²) < 4.78 is 15.1. The fraction of sp³-hybridized carbons (Fsp3) is 0.200. The molecule has 11 heteroatoms. The average Bonchev–Trinajstić information content (AvgIpc) is 3.67.